The van der Waals surface area contributed by atoms with Crippen molar-refractivity contribution in [2.45, 2.75) is 42.2 Å². The van der Waals surface area contributed by atoms with Crippen LogP contribution in [0.4, 0.5) is 4.79 Å². The van der Waals surface area contributed by atoms with Gasteiger partial charge < -0.3 is 24.4 Å². The first-order chi connectivity index (χ1) is 22.4. The zero-order valence-corrected chi connectivity index (χ0v) is 26.5. The van der Waals surface area contributed by atoms with E-state index in [0.29, 0.717) is 18.7 Å². The number of esters is 1. The second-order valence-corrected chi connectivity index (χ2v) is 12.7. The van der Waals surface area contributed by atoms with Crippen LogP contribution < -0.4 is 10.1 Å². The van der Waals surface area contributed by atoms with Gasteiger partial charge >= 0.3 is 12.1 Å². The van der Waals surface area contributed by atoms with Gasteiger partial charge in [-0.15, -0.1) is 11.8 Å². The van der Waals surface area contributed by atoms with Gasteiger partial charge in [0.2, 0.25) is 5.91 Å². The largest absolute Gasteiger partial charge is 0.497 e. The average Bonchev–Trinajstić information content (AvgIpc) is 3.06. The summed E-state index contributed by atoms with van der Waals surface area (Å²) < 4.78 is 16.0. The van der Waals surface area contributed by atoms with Crippen molar-refractivity contribution in [3.8, 4) is 5.75 Å². The lowest BCUT2D eigenvalue weighted by molar-refractivity contribution is -0.165. The number of benzene rings is 4. The Labute approximate surface area is 273 Å². The van der Waals surface area contributed by atoms with Gasteiger partial charge in [-0.2, -0.15) is 0 Å². The van der Waals surface area contributed by atoms with Gasteiger partial charge in [0.15, 0.2) is 0 Å². The lowest BCUT2D eigenvalue weighted by Crippen LogP contribution is -2.69. The lowest BCUT2D eigenvalue weighted by Gasteiger charge is -2.51. The van der Waals surface area contributed by atoms with Crippen molar-refractivity contribution in [3.63, 3.8) is 0 Å². The van der Waals surface area contributed by atoms with Crippen molar-refractivity contribution >= 4 is 29.7 Å². The minimum atomic E-state index is -0.842. The molecule has 4 aromatic carbocycles. The number of methoxy groups -OCH3 is 1. The van der Waals surface area contributed by atoms with Crippen LogP contribution in [0.5, 0.6) is 5.75 Å². The van der Waals surface area contributed by atoms with Crippen LogP contribution in [0.3, 0.4) is 0 Å². The minimum Gasteiger partial charge on any atom is -0.497 e. The van der Waals surface area contributed by atoms with Crippen LogP contribution in [0.25, 0.3) is 0 Å². The lowest BCUT2D eigenvalue weighted by atomic mass is 9.83. The molecule has 0 bridgehead atoms. The monoisotopic (exact) mass is 636 g/mol. The highest BCUT2D eigenvalue weighted by atomic mass is 32.2. The molecule has 0 spiro atoms. The van der Waals surface area contributed by atoms with E-state index in [1.807, 2.05) is 66.7 Å². The molecule has 9 heteroatoms. The maximum atomic E-state index is 13.4. The number of likely N-dealkylation sites (tertiary alicyclic amines) is 1. The number of carbonyl (C=O) groups excluding carboxylic acids is 3. The summed E-state index contributed by atoms with van der Waals surface area (Å²) >= 11 is 1.61. The maximum absolute atomic E-state index is 13.4. The third-order valence-corrected chi connectivity index (χ3v) is 10.3. The van der Waals surface area contributed by atoms with E-state index in [1.54, 1.807) is 35.9 Å². The molecule has 1 N–H and O–H groups in total. The second kappa shape index (κ2) is 13.7. The Morgan fingerprint density at radius 2 is 1.41 bits per heavy atom. The fourth-order valence-electron chi connectivity index (χ4n) is 6.21. The van der Waals surface area contributed by atoms with Crippen molar-refractivity contribution in [1.82, 2.24) is 10.2 Å². The summed E-state index contributed by atoms with van der Waals surface area (Å²) in [7, 11) is 1.59. The SMILES string of the molecule is COc1ccc(COC(=O)N2CC[C@H]2C(OC(C)=O)[C@H]2C(=O)N[C@@H]2SC(c2ccccc2)(c2ccccc2)c2ccccc2)cc1. The van der Waals surface area contributed by atoms with Crippen molar-refractivity contribution in [2.24, 2.45) is 5.92 Å². The molecule has 4 aromatic rings. The molecule has 2 amide bonds. The van der Waals surface area contributed by atoms with E-state index < -0.39 is 40.2 Å². The van der Waals surface area contributed by atoms with Crippen molar-refractivity contribution < 1.29 is 28.6 Å². The first kappa shape index (κ1) is 31.2. The van der Waals surface area contributed by atoms with Gasteiger partial charge in [-0.25, -0.2) is 4.79 Å². The van der Waals surface area contributed by atoms with Gasteiger partial charge in [0, 0.05) is 13.5 Å². The molecule has 2 aliphatic rings. The summed E-state index contributed by atoms with van der Waals surface area (Å²) in [6.07, 6.45) is -0.774. The molecule has 2 fully saturated rings. The molecule has 6 rings (SSSR count). The third-order valence-electron chi connectivity index (χ3n) is 8.62. The van der Waals surface area contributed by atoms with Gasteiger partial charge in [-0.1, -0.05) is 103 Å². The average molecular weight is 637 g/mol. The van der Waals surface area contributed by atoms with Crippen LogP contribution in [0.1, 0.15) is 35.6 Å². The number of β-lactam (4-membered cyclic amide) rings is 1. The summed E-state index contributed by atoms with van der Waals surface area (Å²) in [4.78, 5) is 40.6. The molecule has 46 heavy (non-hydrogen) atoms. The molecule has 0 aliphatic carbocycles. The molecule has 2 aliphatic heterocycles. The fourth-order valence-corrected chi connectivity index (χ4v) is 8.01. The number of carbonyl (C=O) groups is 3. The number of amides is 2. The molecule has 0 aromatic heterocycles. The molecule has 8 nitrogen and oxygen atoms in total. The van der Waals surface area contributed by atoms with E-state index >= 15 is 0 Å². The van der Waals surface area contributed by atoms with Gasteiger partial charge in [0.25, 0.3) is 0 Å². The van der Waals surface area contributed by atoms with Crippen LogP contribution in [-0.2, 0) is 30.4 Å². The van der Waals surface area contributed by atoms with Gasteiger partial charge in [-0.3, -0.25) is 9.59 Å². The van der Waals surface area contributed by atoms with E-state index in [0.717, 1.165) is 22.3 Å². The predicted molar refractivity (Wildman–Crippen MR) is 176 cm³/mol. The molecule has 1 unspecified atom stereocenters. The van der Waals surface area contributed by atoms with E-state index in [9.17, 15) is 14.4 Å². The number of hydrogen-bond donors (Lipinski definition) is 1. The molecule has 0 radical (unpaired) electrons. The summed E-state index contributed by atoms with van der Waals surface area (Å²) in [6, 6.07) is 37.4. The number of hydrogen-bond acceptors (Lipinski definition) is 7. The zero-order valence-electron chi connectivity index (χ0n) is 25.7. The fraction of sp³-hybridized carbons (Fsp3) is 0.270. The van der Waals surface area contributed by atoms with Gasteiger partial charge in [0.05, 0.1) is 23.3 Å². The molecule has 2 heterocycles. The number of thioether (sulfide) groups is 1. The Kier molecular flexibility index (Phi) is 9.30. The Bertz CT molecular complexity index is 1560. The summed E-state index contributed by atoms with van der Waals surface area (Å²) in [5, 5.41) is 2.68. The highest BCUT2D eigenvalue weighted by molar-refractivity contribution is 8.01. The standard InChI is InChI=1S/C37H36N2O6S/c1-25(40)45-33(31-22-23-39(31)36(42)44-24-26-18-20-30(43-2)21-19-26)32-34(41)38-35(32)46-37(27-12-6-3-7-13-27,28-14-8-4-9-15-28)29-16-10-5-11-17-29/h3-21,31-33,35H,22-24H2,1-2H3,(H,38,41)/t31-,32-,33?,35+/m0/s1. The molecular weight excluding hydrogens is 600 g/mol. The number of nitrogens with zero attached hydrogens (tertiary/aromatic N) is 1. The van der Waals surface area contributed by atoms with E-state index in [4.69, 9.17) is 14.2 Å². The smallest absolute Gasteiger partial charge is 0.410 e. The van der Waals surface area contributed by atoms with E-state index in [2.05, 4.69) is 41.7 Å². The Hall–Kier alpha value is -4.76. The number of nitrogens with one attached hydrogen (secondary N) is 1. The van der Waals surface area contributed by atoms with Gasteiger partial charge in [-0.05, 0) is 40.8 Å². The third kappa shape index (κ3) is 6.20. The summed E-state index contributed by atoms with van der Waals surface area (Å²) in [5.74, 6) is -0.701. The Balaban J connectivity index is 1.29. The highest BCUT2D eigenvalue weighted by Gasteiger charge is 2.56. The number of ether oxygens (including phenoxy) is 3. The van der Waals surface area contributed by atoms with Crippen LogP contribution in [-0.4, -0.2) is 54.0 Å². The predicted octanol–water partition coefficient (Wildman–Crippen LogP) is 6.14. The van der Waals surface area contributed by atoms with Crippen LogP contribution in [0.15, 0.2) is 115 Å². The Morgan fingerprint density at radius 1 is 0.870 bits per heavy atom. The first-order valence-electron chi connectivity index (χ1n) is 15.3. The van der Waals surface area contributed by atoms with Crippen LogP contribution in [0.2, 0.25) is 0 Å². The summed E-state index contributed by atoms with van der Waals surface area (Å²) in [6.45, 7) is 1.86. The summed E-state index contributed by atoms with van der Waals surface area (Å²) in [5.41, 5.74) is 3.97. The number of rotatable bonds is 11. The van der Waals surface area contributed by atoms with E-state index in [1.165, 1.54) is 6.92 Å². The maximum Gasteiger partial charge on any atom is 0.410 e. The van der Waals surface area contributed by atoms with Crippen molar-refractivity contribution in [3.05, 3.63) is 138 Å². The van der Waals surface area contributed by atoms with E-state index in [-0.39, 0.29) is 12.5 Å². The van der Waals surface area contributed by atoms with Gasteiger partial charge in [0.1, 0.15) is 24.4 Å². The zero-order chi connectivity index (χ0) is 32.1. The Morgan fingerprint density at radius 3 is 1.85 bits per heavy atom. The van der Waals surface area contributed by atoms with Crippen molar-refractivity contribution in [1.29, 1.82) is 0 Å². The molecule has 236 valence electrons. The van der Waals surface area contributed by atoms with Crippen LogP contribution >= 0.6 is 11.8 Å². The molecule has 2 saturated heterocycles. The normalized spacial score (nSPS) is 19.6. The molecule has 4 atom stereocenters. The molecule has 0 saturated carbocycles. The minimum absolute atomic E-state index is 0.0837. The quantitative estimate of drug-likeness (QED) is 0.120. The molecular formula is C37H36N2O6S. The topological polar surface area (TPSA) is 94.2 Å². The van der Waals surface area contributed by atoms with Crippen LogP contribution in [0, 0.1) is 5.92 Å². The second-order valence-electron chi connectivity index (χ2n) is 11.4. The highest BCUT2D eigenvalue weighted by Crippen LogP contribution is 2.53. The van der Waals surface area contributed by atoms with Crippen molar-refractivity contribution in [2.75, 3.05) is 13.7 Å². The first-order valence-corrected chi connectivity index (χ1v) is 16.2.